The SMILES string of the molecule is [2H]NC(=O)C(C)(F)C(C)CC. The summed E-state index contributed by atoms with van der Waals surface area (Å²) in [7, 11) is 0. The molecule has 60 valence electrons. The summed E-state index contributed by atoms with van der Waals surface area (Å²) >= 11 is 0. The van der Waals surface area contributed by atoms with Crippen LogP contribution in [0.1, 0.15) is 27.2 Å². The Balaban J connectivity index is 4.31. The summed E-state index contributed by atoms with van der Waals surface area (Å²) in [6.07, 6.45) is 0.584. The van der Waals surface area contributed by atoms with Gasteiger partial charge in [0.15, 0.2) is 7.08 Å². The van der Waals surface area contributed by atoms with E-state index in [1.165, 1.54) is 6.92 Å². The topological polar surface area (TPSA) is 43.1 Å². The number of halogens is 1. The lowest BCUT2D eigenvalue weighted by Gasteiger charge is -2.22. The number of carbonyl (C=O) groups is 1. The van der Waals surface area contributed by atoms with Gasteiger partial charge in [0.2, 0.25) is 0 Å². The van der Waals surface area contributed by atoms with E-state index in [0.717, 1.165) is 0 Å². The summed E-state index contributed by atoms with van der Waals surface area (Å²) in [5.41, 5.74) is -0.364. The lowest BCUT2D eigenvalue weighted by Crippen LogP contribution is -2.42. The molecule has 0 rings (SSSR count). The maximum atomic E-state index is 13.3. The molecule has 0 spiro atoms. The first kappa shape index (κ1) is 7.51. The maximum absolute atomic E-state index is 13.3. The molecule has 3 heteroatoms. The minimum Gasteiger partial charge on any atom is -0.367 e. The number of alkyl halides is 1. The average Bonchev–Trinajstić information content (AvgIpc) is 2.01. The van der Waals surface area contributed by atoms with Crippen molar-refractivity contribution in [1.82, 2.24) is 0 Å². The van der Waals surface area contributed by atoms with Crippen LogP contribution in [-0.4, -0.2) is 11.6 Å². The molecule has 1 amide bonds. The number of primary amides is 1. The summed E-state index contributed by atoms with van der Waals surface area (Å²) in [4.78, 5) is 10.8. The van der Waals surface area contributed by atoms with Gasteiger partial charge in [-0.3, -0.25) is 4.79 Å². The minimum absolute atomic E-state index is 0.354. The monoisotopic (exact) mass is 148 g/mol. The van der Waals surface area contributed by atoms with E-state index in [1.54, 1.807) is 19.6 Å². The van der Waals surface area contributed by atoms with Gasteiger partial charge in [-0.1, -0.05) is 20.3 Å². The van der Waals surface area contributed by atoms with Gasteiger partial charge in [0.1, 0.15) is 0 Å². The smallest absolute Gasteiger partial charge is 0.255 e. The van der Waals surface area contributed by atoms with Crippen LogP contribution in [0.2, 0.25) is 1.41 Å². The zero-order valence-electron chi connectivity index (χ0n) is 7.57. The fraction of sp³-hybridized carbons (Fsp3) is 0.857. The van der Waals surface area contributed by atoms with Gasteiger partial charge in [-0.15, -0.1) is 0 Å². The van der Waals surface area contributed by atoms with Crippen LogP contribution in [0, 0.1) is 5.92 Å². The summed E-state index contributed by atoms with van der Waals surface area (Å²) in [6, 6.07) is 0. The molecule has 0 aromatic rings. The zero-order chi connectivity index (χ0) is 9.07. The third kappa shape index (κ3) is 1.69. The average molecular weight is 148 g/mol. The van der Waals surface area contributed by atoms with Gasteiger partial charge < -0.3 is 5.73 Å². The first-order chi connectivity index (χ1) is 4.96. The molecule has 0 saturated carbocycles. The molecule has 2 N–H and O–H groups in total. The number of hydrogen-bond acceptors (Lipinski definition) is 1. The Hall–Kier alpha value is -0.600. The summed E-state index contributed by atoms with van der Waals surface area (Å²) in [5.74, 6) is -1.22. The van der Waals surface area contributed by atoms with Crippen LogP contribution in [-0.2, 0) is 4.79 Å². The Bertz CT molecular complexity index is 149. The van der Waals surface area contributed by atoms with Gasteiger partial charge in [0.05, 0.1) is 0 Å². The Labute approximate surface area is 62.1 Å². The Morgan fingerprint density at radius 3 is 2.80 bits per heavy atom. The molecule has 2 nitrogen and oxygen atoms in total. The predicted octanol–water partition coefficient (Wildman–Crippen LogP) is 1.25. The van der Waals surface area contributed by atoms with E-state index in [1.807, 2.05) is 0 Å². The maximum Gasteiger partial charge on any atom is 0.255 e. The highest BCUT2D eigenvalue weighted by molar-refractivity contribution is 5.83. The van der Waals surface area contributed by atoms with E-state index in [4.69, 9.17) is 1.41 Å². The fourth-order valence-electron chi connectivity index (χ4n) is 0.607. The molecule has 0 aliphatic rings. The van der Waals surface area contributed by atoms with Gasteiger partial charge >= 0.3 is 0 Å². The molecule has 0 fully saturated rings. The lowest BCUT2D eigenvalue weighted by molar-refractivity contribution is -0.131. The van der Waals surface area contributed by atoms with Crippen LogP contribution >= 0.6 is 0 Å². The molecule has 0 aromatic carbocycles. The van der Waals surface area contributed by atoms with Crippen LogP contribution < -0.4 is 5.73 Å². The predicted molar refractivity (Wildman–Crippen MR) is 38.2 cm³/mol. The Morgan fingerprint density at radius 1 is 2.00 bits per heavy atom. The van der Waals surface area contributed by atoms with E-state index in [9.17, 15) is 9.18 Å². The number of rotatable bonds is 3. The highest BCUT2D eigenvalue weighted by Crippen LogP contribution is 2.23. The van der Waals surface area contributed by atoms with E-state index in [0.29, 0.717) is 6.42 Å². The number of hydrogen-bond donors (Lipinski definition) is 1. The van der Waals surface area contributed by atoms with Crippen molar-refractivity contribution >= 4 is 5.91 Å². The molecule has 10 heavy (non-hydrogen) atoms. The van der Waals surface area contributed by atoms with E-state index in [-0.39, 0.29) is 5.92 Å². The van der Waals surface area contributed by atoms with Gasteiger partial charge in [-0.25, -0.2) is 4.39 Å². The largest absolute Gasteiger partial charge is 0.367 e. The van der Waals surface area contributed by atoms with Crippen molar-refractivity contribution in [2.24, 2.45) is 11.6 Å². The second kappa shape index (κ2) is 2.99. The summed E-state index contributed by atoms with van der Waals surface area (Å²) in [5, 5.41) is 0. The minimum atomic E-state index is -1.92. The highest BCUT2D eigenvalue weighted by Gasteiger charge is 2.35. The highest BCUT2D eigenvalue weighted by atomic mass is 19.1. The van der Waals surface area contributed by atoms with Crippen molar-refractivity contribution in [2.75, 3.05) is 0 Å². The van der Waals surface area contributed by atoms with Crippen molar-refractivity contribution < 1.29 is 10.6 Å². The molecule has 2 unspecified atom stereocenters. The van der Waals surface area contributed by atoms with Crippen molar-refractivity contribution in [3.8, 4) is 0 Å². The number of amides is 1. The van der Waals surface area contributed by atoms with E-state index < -0.39 is 11.6 Å². The molecule has 2 atom stereocenters. The molecule has 0 aliphatic carbocycles. The third-order valence-electron chi connectivity index (χ3n) is 1.98. The van der Waals surface area contributed by atoms with Gasteiger partial charge in [-0.2, -0.15) is 0 Å². The van der Waals surface area contributed by atoms with Gasteiger partial charge in [0.25, 0.3) is 5.91 Å². The Morgan fingerprint density at radius 2 is 2.50 bits per heavy atom. The molecular formula is C7H14FNO. The normalized spacial score (nSPS) is 20.6. The van der Waals surface area contributed by atoms with E-state index in [2.05, 4.69) is 0 Å². The van der Waals surface area contributed by atoms with Crippen molar-refractivity contribution in [1.29, 1.82) is 0 Å². The molecular weight excluding hydrogens is 133 g/mol. The molecule has 0 heterocycles. The fourth-order valence-corrected chi connectivity index (χ4v) is 0.607. The molecule has 0 saturated heterocycles. The molecule has 0 aromatic heterocycles. The summed E-state index contributed by atoms with van der Waals surface area (Å²) < 4.78 is 19.8. The lowest BCUT2D eigenvalue weighted by atomic mass is 9.90. The van der Waals surface area contributed by atoms with Crippen molar-refractivity contribution in [2.45, 2.75) is 32.9 Å². The van der Waals surface area contributed by atoms with Crippen LogP contribution in [0.4, 0.5) is 4.39 Å². The van der Waals surface area contributed by atoms with Crippen LogP contribution in [0.25, 0.3) is 0 Å². The van der Waals surface area contributed by atoms with Crippen LogP contribution in [0.15, 0.2) is 0 Å². The first-order valence-corrected chi connectivity index (χ1v) is 3.37. The van der Waals surface area contributed by atoms with E-state index >= 15 is 0 Å². The van der Waals surface area contributed by atoms with Crippen LogP contribution in [0.5, 0.6) is 0 Å². The van der Waals surface area contributed by atoms with Gasteiger partial charge in [-0.05, 0) is 12.8 Å². The number of nitrogens with two attached hydrogens (primary N) is 1. The first-order valence-electron chi connectivity index (χ1n) is 3.87. The standard InChI is InChI=1S/C7H14FNO/c1-4-5(2)7(3,8)6(9)10/h5H,4H2,1-3H3,(H2,9,10)/i/hD. The third-order valence-corrected chi connectivity index (χ3v) is 1.98. The van der Waals surface area contributed by atoms with Gasteiger partial charge in [0, 0.05) is 0 Å². The zero-order valence-corrected chi connectivity index (χ0v) is 6.57. The summed E-state index contributed by atoms with van der Waals surface area (Å²) in [6.45, 7) is 4.65. The quantitative estimate of drug-likeness (QED) is 0.643. The van der Waals surface area contributed by atoms with Crippen molar-refractivity contribution in [3.63, 3.8) is 0 Å². The molecule has 0 aliphatic heterocycles. The van der Waals surface area contributed by atoms with Crippen molar-refractivity contribution in [3.05, 3.63) is 0 Å². The second-order valence-electron chi connectivity index (χ2n) is 2.71. The van der Waals surface area contributed by atoms with Crippen LogP contribution in [0.3, 0.4) is 0 Å². The molecule has 0 radical (unpaired) electrons. The molecule has 0 bridgehead atoms. The number of carbonyl (C=O) groups excluding carboxylic acids is 1. The Kier molecular flexibility index (Phi) is 2.25. The second-order valence-corrected chi connectivity index (χ2v) is 2.71.